The number of para-hydroxylation sites is 1. The molecule has 6 nitrogen and oxygen atoms in total. The molecule has 2 amide bonds. The zero-order valence-electron chi connectivity index (χ0n) is 17.5. The van der Waals surface area contributed by atoms with Crippen molar-refractivity contribution in [2.24, 2.45) is 0 Å². The fraction of sp³-hybridized carbons (Fsp3) is 0.391. The number of anilines is 1. The Hall–Kier alpha value is -2.57. The molecule has 0 aliphatic carbocycles. The first kappa shape index (κ1) is 22.1. The first-order valence-electron chi connectivity index (χ1n) is 10.2. The average Bonchev–Trinajstić information content (AvgIpc) is 2.73. The molecule has 0 radical (unpaired) electrons. The van der Waals surface area contributed by atoms with E-state index in [-0.39, 0.29) is 18.2 Å². The van der Waals surface area contributed by atoms with Crippen LogP contribution < -0.4 is 15.5 Å². The third kappa shape index (κ3) is 6.21. The summed E-state index contributed by atoms with van der Waals surface area (Å²) < 4.78 is 0. The summed E-state index contributed by atoms with van der Waals surface area (Å²) in [7, 11) is 2.13. The number of halogens is 1. The zero-order chi connectivity index (χ0) is 21.5. The quantitative estimate of drug-likeness (QED) is 0.711. The Morgan fingerprint density at radius 2 is 1.70 bits per heavy atom. The fourth-order valence-corrected chi connectivity index (χ4v) is 3.79. The molecule has 1 atom stereocenters. The van der Waals surface area contributed by atoms with Gasteiger partial charge in [-0.3, -0.25) is 9.59 Å². The molecule has 1 aliphatic heterocycles. The maximum absolute atomic E-state index is 12.7. The normalized spacial score (nSPS) is 15.5. The standard InChI is InChI=1S/C23H29ClN4O2/c1-17(29)26-21(18-7-9-20(24)10-8-18)15-23(30)25-16-19-5-3-4-6-22(19)28-13-11-27(2)12-14-28/h3-10,21H,11-16H2,1-2H3,(H,25,30)(H,26,29). The number of likely N-dealkylation sites (N-methyl/N-ethyl adjacent to an activating group) is 1. The van der Waals surface area contributed by atoms with Crippen molar-refractivity contribution < 1.29 is 9.59 Å². The molecule has 30 heavy (non-hydrogen) atoms. The molecule has 1 saturated heterocycles. The number of nitrogens with zero attached hydrogens (tertiary/aromatic N) is 2. The van der Waals surface area contributed by atoms with Crippen LogP contribution in [0.3, 0.4) is 0 Å². The number of carbonyl (C=O) groups is 2. The fourth-order valence-electron chi connectivity index (χ4n) is 3.66. The highest BCUT2D eigenvalue weighted by Crippen LogP contribution is 2.23. The van der Waals surface area contributed by atoms with Gasteiger partial charge in [0, 0.05) is 50.4 Å². The van der Waals surface area contributed by atoms with Crippen LogP contribution in [0.4, 0.5) is 5.69 Å². The zero-order valence-corrected chi connectivity index (χ0v) is 18.3. The molecule has 1 heterocycles. The van der Waals surface area contributed by atoms with Gasteiger partial charge in [0.25, 0.3) is 0 Å². The molecule has 2 N–H and O–H groups in total. The number of nitrogens with one attached hydrogen (secondary N) is 2. The number of piperazine rings is 1. The molecular formula is C23H29ClN4O2. The molecule has 0 saturated carbocycles. The molecule has 1 unspecified atom stereocenters. The minimum Gasteiger partial charge on any atom is -0.369 e. The predicted molar refractivity (Wildman–Crippen MR) is 121 cm³/mol. The van der Waals surface area contributed by atoms with Gasteiger partial charge in [-0.15, -0.1) is 0 Å². The number of hydrogen-bond acceptors (Lipinski definition) is 4. The summed E-state index contributed by atoms with van der Waals surface area (Å²) in [6, 6.07) is 15.0. The predicted octanol–water partition coefficient (Wildman–Crippen LogP) is 2.98. The summed E-state index contributed by atoms with van der Waals surface area (Å²) in [6.07, 6.45) is 0.165. The second-order valence-electron chi connectivity index (χ2n) is 7.70. The van der Waals surface area contributed by atoms with Crippen molar-refractivity contribution in [1.82, 2.24) is 15.5 Å². The van der Waals surface area contributed by atoms with Crippen LogP contribution in [-0.2, 0) is 16.1 Å². The molecule has 1 fully saturated rings. The molecule has 160 valence electrons. The molecule has 2 aromatic carbocycles. The molecule has 2 aromatic rings. The van der Waals surface area contributed by atoms with Gasteiger partial charge in [-0.1, -0.05) is 41.9 Å². The summed E-state index contributed by atoms with van der Waals surface area (Å²) in [5.41, 5.74) is 3.11. The second-order valence-corrected chi connectivity index (χ2v) is 8.14. The summed E-state index contributed by atoms with van der Waals surface area (Å²) in [6.45, 7) is 5.91. The van der Waals surface area contributed by atoms with Gasteiger partial charge in [-0.2, -0.15) is 0 Å². The average molecular weight is 429 g/mol. The molecule has 1 aliphatic rings. The topological polar surface area (TPSA) is 64.7 Å². The van der Waals surface area contributed by atoms with Gasteiger partial charge in [-0.05, 0) is 36.4 Å². The van der Waals surface area contributed by atoms with E-state index in [0.717, 1.165) is 37.3 Å². The minimum absolute atomic E-state index is 0.114. The van der Waals surface area contributed by atoms with Gasteiger partial charge >= 0.3 is 0 Å². The van der Waals surface area contributed by atoms with Crippen molar-refractivity contribution in [2.75, 3.05) is 38.1 Å². The smallest absolute Gasteiger partial charge is 0.222 e. The van der Waals surface area contributed by atoms with E-state index in [2.05, 4.69) is 39.6 Å². The van der Waals surface area contributed by atoms with E-state index >= 15 is 0 Å². The van der Waals surface area contributed by atoms with Crippen LogP contribution in [0.25, 0.3) is 0 Å². The summed E-state index contributed by atoms with van der Waals surface area (Å²) in [4.78, 5) is 29.0. The largest absolute Gasteiger partial charge is 0.369 e. The highest BCUT2D eigenvalue weighted by atomic mass is 35.5. The Morgan fingerprint density at radius 3 is 2.37 bits per heavy atom. The number of amides is 2. The lowest BCUT2D eigenvalue weighted by molar-refractivity contribution is -0.122. The highest BCUT2D eigenvalue weighted by Gasteiger charge is 2.19. The summed E-state index contributed by atoms with van der Waals surface area (Å²) in [5.74, 6) is -0.292. The van der Waals surface area contributed by atoms with Crippen LogP contribution in [0, 0.1) is 0 Å². The molecule has 0 bridgehead atoms. The Balaban J connectivity index is 1.63. The van der Waals surface area contributed by atoms with Crippen molar-refractivity contribution in [3.8, 4) is 0 Å². The maximum Gasteiger partial charge on any atom is 0.222 e. The molecule has 0 aromatic heterocycles. The summed E-state index contributed by atoms with van der Waals surface area (Å²) >= 11 is 5.96. The van der Waals surface area contributed by atoms with Crippen molar-refractivity contribution in [1.29, 1.82) is 0 Å². The first-order valence-corrected chi connectivity index (χ1v) is 10.6. The minimum atomic E-state index is -0.396. The van der Waals surface area contributed by atoms with Gasteiger partial charge in [0.2, 0.25) is 11.8 Å². The molecular weight excluding hydrogens is 400 g/mol. The SMILES string of the molecule is CC(=O)NC(CC(=O)NCc1ccccc1N1CCN(C)CC1)c1ccc(Cl)cc1. The van der Waals surface area contributed by atoms with Crippen molar-refractivity contribution >= 4 is 29.1 Å². The van der Waals surface area contributed by atoms with Gasteiger partial charge < -0.3 is 20.4 Å². The van der Waals surface area contributed by atoms with E-state index in [4.69, 9.17) is 11.6 Å². The lowest BCUT2D eigenvalue weighted by atomic mass is 10.0. The Labute approximate surface area is 183 Å². The van der Waals surface area contributed by atoms with Gasteiger partial charge in [-0.25, -0.2) is 0 Å². The molecule has 3 rings (SSSR count). The molecule has 0 spiro atoms. The lowest BCUT2D eigenvalue weighted by Crippen LogP contribution is -2.45. The van der Waals surface area contributed by atoms with Crippen molar-refractivity contribution in [3.05, 3.63) is 64.7 Å². The first-order chi connectivity index (χ1) is 14.4. The number of rotatable bonds is 7. The van der Waals surface area contributed by atoms with Crippen LogP contribution >= 0.6 is 11.6 Å². The van der Waals surface area contributed by atoms with Crippen LogP contribution in [0.1, 0.15) is 30.5 Å². The second kappa shape index (κ2) is 10.5. The maximum atomic E-state index is 12.7. The van der Waals surface area contributed by atoms with Crippen LogP contribution in [0.2, 0.25) is 5.02 Å². The Bertz CT molecular complexity index is 864. The van der Waals surface area contributed by atoms with E-state index < -0.39 is 6.04 Å². The van der Waals surface area contributed by atoms with Gasteiger partial charge in [0.1, 0.15) is 0 Å². The van der Waals surface area contributed by atoms with E-state index in [9.17, 15) is 9.59 Å². The third-order valence-corrected chi connectivity index (χ3v) is 5.60. The van der Waals surface area contributed by atoms with Gasteiger partial charge in [0.05, 0.1) is 12.5 Å². The molecule has 7 heteroatoms. The third-order valence-electron chi connectivity index (χ3n) is 5.35. The number of carbonyl (C=O) groups excluding carboxylic acids is 2. The van der Waals surface area contributed by atoms with E-state index in [0.29, 0.717) is 11.6 Å². The highest BCUT2D eigenvalue weighted by molar-refractivity contribution is 6.30. The van der Waals surface area contributed by atoms with Crippen molar-refractivity contribution in [3.63, 3.8) is 0 Å². The summed E-state index contributed by atoms with van der Waals surface area (Å²) in [5, 5.41) is 6.49. The van der Waals surface area contributed by atoms with Gasteiger partial charge in [0.15, 0.2) is 0 Å². The van der Waals surface area contributed by atoms with E-state index in [1.807, 2.05) is 24.3 Å². The lowest BCUT2D eigenvalue weighted by Gasteiger charge is -2.35. The van der Waals surface area contributed by atoms with Crippen LogP contribution in [-0.4, -0.2) is 49.9 Å². The van der Waals surface area contributed by atoms with E-state index in [1.165, 1.54) is 12.6 Å². The van der Waals surface area contributed by atoms with Crippen LogP contribution in [0.5, 0.6) is 0 Å². The monoisotopic (exact) mass is 428 g/mol. The van der Waals surface area contributed by atoms with Crippen molar-refractivity contribution in [2.45, 2.75) is 25.9 Å². The number of hydrogen-bond donors (Lipinski definition) is 2. The Kier molecular flexibility index (Phi) is 7.71. The number of benzene rings is 2. The van der Waals surface area contributed by atoms with Crippen LogP contribution in [0.15, 0.2) is 48.5 Å². The Morgan fingerprint density at radius 1 is 1.03 bits per heavy atom. The van der Waals surface area contributed by atoms with E-state index in [1.54, 1.807) is 12.1 Å².